The van der Waals surface area contributed by atoms with Gasteiger partial charge >= 0.3 is 0 Å². The van der Waals surface area contributed by atoms with Gasteiger partial charge in [0.05, 0.1) is 0 Å². The maximum atomic E-state index is 5.87. The highest BCUT2D eigenvalue weighted by Crippen LogP contribution is 2.28. The molecule has 0 saturated carbocycles. The van der Waals surface area contributed by atoms with Crippen LogP contribution in [0.2, 0.25) is 0 Å². The summed E-state index contributed by atoms with van der Waals surface area (Å²) < 4.78 is 5.87. The topological polar surface area (TPSA) is 35.2 Å². The summed E-state index contributed by atoms with van der Waals surface area (Å²) in [5.74, 6) is 2.22. The first kappa shape index (κ1) is 13.5. The van der Waals surface area contributed by atoms with Crippen LogP contribution in [0.25, 0.3) is 0 Å². The van der Waals surface area contributed by atoms with Crippen LogP contribution < -0.4 is 10.5 Å². The number of nitrogens with two attached hydrogens (primary N) is 1. The lowest BCUT2D eigenvalue weighted by Crippen LogP contribution is -1.94. The SMILES string of the molecule is Cc1cc(Oc2ccc(C(C)C)c(C)c2)ccc1N. The van der Waals surface area contributed by atoms with Gasteiger partial charge in [-0.2, -0.15) is 0 Å². The fourth-order valence-electron chi connectivity index (χ4n) is 2.21. The maximum Gasteiger partial charge on any atom is 0.127 e. The number of ether oxygens (including phenoxy) is 1. The summed E-state index contributed by atoms with van der Waals surface area (Å²) in [4.78, 5) is 0. The van der Waals surface area contributed by atoms with E-state index in [0.29, 0.717) is 5.92 Å². The lowest BCUT2D eigenvalue weighted by atomic mass is 9.98. The Hall–Kier alpha value is -1.96. The highest BCUT2D eigenvalue weighted by Gasteiger charge is 2.06. The van der Waals surface area contributed by atoms with Crippen molar-refractivity contribution in [3.05, 3.63) is 53.1 Å². The van der Waals surface area contributed by atoms with Crippen LogP contribution in [0.3, 0.4) is 0 Å². The molecule has 0 aliphatic carbocycles. The van der Waals surface area contributed by atoms with Crippen molar-refractivity contribution in [3.8, 4) is 11.5 Å². The summed E-state index contributed by atoms with van der Waals surface area (Å²) in [6.45, 7) is 8.50. The van der Waals surface area contributed by atoms with Crippen molar-refractivity contribution >= 4 is 5.69 Å². The first-order valence-corrected chi connectivity index (χ1v) is 6.62. The third kappa shape index (κ3) is 3.08. The molecule has 0 radical (unpaired) electrons. The van der Waals surface area contributed by atoms with E-state index in [4.69, 9.17) is 10.5 Å². The molecule has 0 bridgehead atoms. The molecule has 0 heterocycles. The molecule has 0 atom stereocenters. The average Bonchev–Trinajstić information content (AvgIpc) is 2.33. The van der Waals surface area contributed by atoms with E-state index in [2.05, 4.69) is 32.9 Å². The standard InChI is InChI=1S/C17H21NO/c1-11(2)16-7-5-14(9-12(16)3)19-15-6-8-17(18)13(4)10-15/h5-11H,18H2,1-4H3. The van der Waals surface area contributed by atoms with Crippen LogP contribution in [0.15, 0.2) is 36.4 Å². The summed E-state index contributed by atoms with van der Waals surface area (Å²) in [6.07, 6.45) is 0. The van der Waals surface area contributed by atoms with E-state index < -0.39 is 0 Å². The monoisotopic (exact) mass is 255 g/mol. The van der Waals surface area contributed by atoms with Crippen LogP contribution in [0.1, 0.15) is 36.5 Å². The molecule has 0 amide bonds. The van der Waals surface area contributed by atoms with Gasteiger partial charge < -0.3 is 10.5 Å². The van der Waals surface area contributed by atoms with Crippen LogP contribution in [0, 0.1) is 13.8 Å². The van der Waals surface area contributed by atoms with Gasteiger partial charge in [0, 0.05) is 5.69 Å². The summed E-state index contributed by atoms with van der Waals surface area (Å²) in [5, 5.41) is 0. The van der Waals surface area contributed by atoms with Crippen molar-refractivity contribution in [3.63, 3.8) is 0 Å². The predicted octanol–water partition coefficient (Wildman–Crippen LogP) is 4.80. The lowest BCUT2D eigenvalue weighted by Gasteiger charge is -2.13. The molecule has 2 N–H and O–H groups in total. The molecule has 2 aromatic rings. The van der Waals surface area contributed by atoms with Gasteiger partial charge in [-0.3, -0.25) is 0 Å². The largest absolute Gasteiger partial charge is 0.457 e. The van der Waals surface area contributed by atoms with E-state index in [0.717, 1.165) is 22.7 Å². The third-order valence-electron chi connectivity index (χ3n) is 3.34. The average molecular weight is 255 g/mol. The zero-order valence-corrected chi connectivity index (χ0v) is 12.0. The molecule has 0 unspecified atom stereocenters. The van der Waals surface area contributed by atoms with E-state index in [1.165, 1.54) is 11.1 Å². The first-order chi connectivity index (χ1) is 8.97. The number of hydrogen-bond acceptors (Lipinski definition) is 2. The van der Waals surface area contributed by atoms with Crippen molar-refractivity contribution in [2.75, 3.05) is 5.73 Å². The molecular weight excluding hydrogens is 234 g/mol. The summed E-state index contributed by atoms with van der Waals surface area (Å²) in [6, 6.07) is 12.0. The van der Waals surface area contributed by atoms with Crippen LogP contribution in [0.4, 0.5) is 5.69 Å². The number of nitrogen functional groups attached to an aromatic ring is 1. The van der Waals surface area contributed by atoms with E-state index in [1.54, 1.807) is 0 Å². The summed E-state index contributed by atoms with van der Waals surface area (Å²) in [5.41, 5.74) is 10.3. The predicted molar refractivity (Wildman–Crippen MR) is 80.9 cm³/mol. The first-order valence-electron chi connectivity index (χ1n) is 6.62. The summed E-state index contributed by atoms with van der Waals surface area (Å²) in [7, 11) is 0. The van der Waals surface area contributed by atoms with E-state index in [9.17, 15) is 0 Å². The molecule has 100 valence electrons. The molecule has 0 aliphatic rings. The van der Waals surface area contributed by atoms with Gasteiger partial charge in [0.2, 0.25) is 0 Å². The van der Waals surface area contributed by atoms with Crippen molar-refractivity contribution in [1.29, 1.82) is 0 Å². The van der Waals surface area contributed by atoms with Crippen molar-refractivity contribution < 1.29 is 4.74 Å². The third-order valence-corrected chi connectivity index (χ3v) is 3.34. The summed E-state index contributed by atoms with van der Waals surface area (Å²) >= 11 is 0. The highest BCUT2D eigenvalue weighted by molar-refractivity contribution is 5.50. The van der Waals surface area contributed by atoms with Crippen LogP contribution in [-0.4, -0.2) is 0 Å². The Morgan fingerprint density at radius 3 is 2.00 bits per heavy atom. The Labute approximate surface area is 115 Å². The van der Waals surface area contributed by atoms with Crippen LogP contribution in [-0.2, 0) is 0 Å². The fourth-order valence-corrected chi connectivity index (χ4v) is 2.21. The van der Waals surface area contributed by atoms with Gasteiger partial charge in [-0.1, -0.05) is 19.9 Å². The van der Waals surface area contributed by atoms with E-state index >= 15 is 0 Å². The normalized spacial score (nSPS) is 10.8. The maximum absolute atomic E-state index is 5.87. The van der Waals surface area contributed by atoms with Gasteiger partial charge in [-0.05, 0) is 66.8 Å². The number of benzene rings is 2. The molecule has 2 heteroatoms. The van der Waals surface area contributed by atoms with E-state index in [-0.39, 0.29) is 0 Å². The van der Waals surface area contributed by atoms with Crippen LogP contribution >= 0.6 is 0 Å². The van der Waals surface area contributed by atoms with Gasteiger partial charge in [0.1, 0.15) is 11.5 Å². The molecule has 0 aromatic heterocycles. The zero-order chi connectivity index (χ0) is 14.0. The van der Waals surface area contributed by atoms with Crippen LogP contribution in [0.5, 0.6) is 11.5 Å². The minimum Gasteiger partial charge on any atom is -0.457 e. The Bertz CT molecular complexity index is 588. The minimum absolute atomic E-state index is 0.535. The zero-order valence-electron chi connectivity index (χ0n) is 12.0. The molecule has 2 rings (SSSR count). The Morgan fingerprint density at radius 1 is 0.895 bits per heavy atom. The Morgan fingerprint density at radius 2 is 1.47 bits per heavy atom. The van der Waals surface area contributed by atoms with Gasteiger partial charge in [-0.25, -0.2) is 0 Å². The molecule has 19 heavy (non-hydrogen) atoms. The highest BCUT2D eigenvalue weighted by atomic mass is 16.5. The molecule has 0 saturated heterocycles. The Balaban J connectivity index is 2.24. The minimum atomic E-state index is 0.535. The molecule has 0 aliphatic heterocycles. The molecule has 2 aromatic carbocycles. The van der Waals surface area contributed by atoms with Gasteiger partial charge in [-0.15, -0.1) is 0 Å². The molecule has 0 fully saturated rings. The van der Waals surface area contributed by atoms with Crippen molar-refractivity contribution in [2.24, 2.45) is 0 Å². The number of hydrogen-bond donors (Lipinski definition) is 1. The van der Waals surface area contributed by atoms with Crippen molar-refractivity contribution in [1.82, 2.24) is 0 Å². The van der Waals surface area contributed by atoms with E-state index in [1.807, 2.05) is 31.2 Å². The Kier molecular flexibility index (Phi) is 3.79. The second kappa shape index (κ2) is 5.35. The second-order valence-electron chi connectivity index (χ2n) is 5.29. The smallest absolute Gasteiger partial charge is 0.127 e. The number of aryl methyl sites for hydroxylation is 2. The molecular formula is C17H21NO. The fraction of sp³-hybridized carbons (Fsp3) is 0.294. The molecule has 2 nitrogen and oxygen atoms in total. The second-order valence-corrected chi connectivity index (χ2v) is 5.29. The van der Waals surface area contributed by atoms with Gasteiger partial charge in [0.15, 0.2) is 0 Å². The lowest BCUT2D eigenvalue weighted by molar-refractivity contribution is 0.481. The quantitative estimate of drug-likeness (QED) is 0.799. The van der Waals surface area contributed by atoms with Crippen molar-refractivity contribution in [2.45, 2.75) is 33.6 Å². The molecule has 0 spiro atoms. The number of anilines is 1. The van der Waals surface area contributed by atoms with Gasteiger partial charge in [0.25, 0.3) is 0 Å². The number of rotatable bonds is 3.